The van der Waals surface area contributed by atoms with Gasteiger partial charge in [0.05, 0.1) is 19.4 Å². The third-order valence-electron chi connectivity index (χ3n) is 3.25. The Labute approximate surface area is 111 Å². The number of aryl methyl sites for hydroxylation is 1. The van der Waals surface area contributed by atoms with E-state index in [1.807, 2.05) is 12.7 Å². The third kappa shape index (κ3) is 1.71. The second-order valence-electron chi connectivity index (χ2n) is 4.04. The molecule has 0 atom stereocenters. The lowest BCUT2D eigenvalue weighted by molar-refractivity contribution is -0.672. The summed E-state index contributed by atoms with van der Waals surface area (Å²) >= 11 is 0. The van der Waals surface area contributed by atoms with Gasteiger partial charge in [0.2, 0.25) is 12.0 Å². The molecule has 0 unspecified atom stereocenters. The number of aromatic nitrogens is 4. The van der Waals surface area contributed by atoms with Crippen LogP contribution in [0.4, 0.5) is 5.82 Å². The van der Waals surface area contributed by atoms with Gasteiger partial charge in [-0.1, -0.05) is 4.98 Å². The third-order valence-corrected chi connectivity index (χ3v) is 3.25. The van der Waals surface area contributed by atoms with Crippen LogP contribution in [0, 0.1) is 0 Å². The molecule has 5 nitrogen and oxygen atoms in total. The molecule has 0 spiro atoms. The highest BCUT2D eigenvalue weighted by Crippen LogP contribution is 2.22. The Morgan fingerprint density at radius 3 is 2.82 bits per heavy atom. The number of likely N-dealkylation sites (N-methyl/N-ethyl adjacent to an activating group) is 1. The molecule has 1 aliphatic rings. The van der Waals surface area contributed by atoms with Crippen molar-refractivity contribution in [1.82, 2.24) is 14.5 Å². The van der Waals surface area contributed by atoms with E-state index in [1.54, 1.807) is 0 Å². The SMILES string of the molecule is CCN1CC[n+]2cnc3c(ncn3CC)c21.[Br-]. The quantitative estimate of drug-likeness (QED) is 0.579. The standard InChI is InChI=1S/C11H16N5.BrH/c1-3-14-5-6-16-8-13-10-9(11(14)16)12-7-15(10)4-2;/h7-8H,3-6H2,1-2H3;1H/q+1;/p-1. The lowest BCUT2D eigenvalue weighted by Crippen LogP contribution is -3.00. The van der Waals surface area contributed by atoms with Gasteiger partial charge >= 0.3 is 0 Å². The minimum Gasteiger partial charge on any atom is -1.00 e. The van der Waals surface area contributed by atoms with Gasteiger partial charge in [0.1, 0.15) is 6.54 Å². The first-order chi connectivity index (χ1) is 7.85. The van der Waals surface area contributed by atoms with Crippen LogP contribution in [-0.2, 0) is 13.1 Å². The summed E-state index contributed by atoms with van der Waals surface area (Å²) in [6, 6.07) is 0. The molecule has 0 saturated carbocycles. The number of nitrogens with zero attached hydrogens (tertiary/aromatic N) is 5. The molecule has 0 saturated heterocycles. The van der Waals surface area contributed by atoms with Crippen LogP contribution in [0.2, 0.25) is 0 Å². The molecule has 3 rings (SSSR count). The van der Waals surface area contributed by atoms with Crippen LogP contribution in [0.3, 0.4) is 0 Å². The molecular formula is C11H16BrN5. The fraction of sp³-hybridized carbons (Fsp3) is 0.545. The normalized spacial score (nSPS) is 13.9. The van der Waals surface area contributed by atoms with Crippen LogP contribution in [0.5, 0.6) is 0 Å². The monoisotopic (exact) mass is 297 g/mol. The maximum Gasteiger partial charge on any atom is 0.255 e. The Hall–Kier alpha value is -1.17. The fourth-order valence-electron chi connectivity index (χ4n) is 2.35. The number of hydrogen-bond donors (Lipinski definition) is 0. The predicted octanol–water partition coefficient (Wildman–Crippen LogP) is -2.42. The molecule has 0 radical (unpaired) electrons. The molecule has 0 fully saturated rings. The minimum atomic E-state index is 0. The van der Waals surface area contributed by atoms with E-state index < -0.39 is 0 Å². The summed E-state index contributed by atoms with van der Waals surface area (Å²) in [5.74, 6) is 1.22. The van der Waals surface area contributed by atoms with Gasteiger partial charge in [-0.25, -0.2) is 9.55 Å². The molecule has 2 aromatic rings. The molecule has 3 heterocycles. The Morgan fingerprint density at radius 2 is 2.12 bits per heavy atom. The summed E-state index contributed by atoms with van der Waals surface area (Å²) in [5, 5.41) is 0. The van der Waals surface area contributed by atoms with Gasteiger partial charge in [-0.15, -0.1) is 0 Å². The van der Waals surface area contributed by atoms with Crippen LogP contribution >= 0.6 is 0 Å². The first-order valence-electron chi connectivity index (χ1n) is 5.83. The van der Waals surface area contributed by atoms with E-state index in [1.165, 1.54) is 5.82 Å². The zero-order valence-corrected chi connectivity index (χ0v) is 11.7. The highest BCUT2D eigenvalue weighted by atomic mass is 79.9. The van der Waals surface area contributed by atoms with Crippen molar-refractivity contribution in [2.24, 2.45) is 0 Å². The van der Waals surface area contributed by atoms with Crippen molar-refractivity contribution in [2.75, 3.05) is 18.0 Å². The van der Waals surface area contributed by atoms with Crippen molar-refractivity contribution in [2.45, 2.75) is 26.9 Å². The van der Waals surface area contributed by atoms with E-state index in [-0.39, 0.29) is 17.0 Å². The molecule has 6 heteroatoms. The summed E-state index contributed by atoms with van der Waals surface area (Å²) in [5.41, 5.74) is 2.03. The maximum absolute atomic E-state index is 4.50. The van der Waals surface area contributed by atoms with Gasteiger partial charge in [0, 0.05) is 6.54 Å². The maximum atomic E-state index is 4.50. The topological polar surface area (TPSA) is 37.8 Å². The van der Waals surface area contributed by atoms with Crippen LogP contribution in [0.25, 0.3) is 11.2 Å². The minimum absolute atomic E-state index is 0. The smallest absolute Gasteiger partial charge is 0.255 e. The average molecular weight is 298 g/mol. The second-order valence-corrected chi connectivity index (χ2v) is 4.04. The van der Waals surface area contributed by atoms with E-state index in [4.69, 9.17) is 0 Å². The van der Waals surface area contributed by atoms with Crippen molar-refractivity contribution in [3.8, 4) is 0 Å². The van der Waals surface area contributed by atoms with Gasteiger partial charge in [-0.05, 0) is 13.8 Å². The molecule has 0 amide bonds. The van der Waals surface area contributed by atoms with Crippen LogP contribution in [-0.4, -0.2) is 27.6 Å². The fourth-order valence-corrected chi connectivity index (χ4v) is 2.35. The molecule has 17 heavy (non-hydrogen) atoms. The lowest BCUT2D eigenvalue weighted by Gasteiger charge is -2.08. The number of halogens is 1. The number of imidazole rings is 1. The molecule has 1 aliphatic heterocycles. The Bertz CT molecular complexity index is 536. The number of rotatable bonds is 2. The van der Waals surface area contributed by atoms with Crippen molar-refractivity contribution in [3.63, 3.8) is 0 Å². The summed E-state index contributed by atoms with van der Waals surface area (Å²) in [6.07, 6.45) is 3.81. The number of anilines is 1. The largest absolute Gasteiger partial charge is 1.00 e. The van der Waals surface area contributed by atoms with Gasteiger partial charge in [0.15, 0.2) is 5.52 Å². The van der Waals surface area contributed by atoms with Crippen molar-refractivity contribution >= 4 is 17.0 Å². The Morgan fingerprint density at radius 1 is 1.29 bits per heavy atom. The zero-order chi connectivity index (χ0) is 11.1. The van der Waals surface area contributed by atoms with E-state index in [9.17, 15) is 0 Å². The van der Waals surface area contributed by atoms with E-state index in [0.717, 1.165) is 37.3 Å². The lowest BCUT2D eigenvalue weighted by atomic mass is 10.4. The zero-order valence-electron chi connectivity index (χ0n) is 10.1. The number of hydrogen-bond acceptors (Lipinski definition) is 3. The van der Waals surface area contributed by atoms with Gasteiger partial charge in [-0.2, -0.15) is 0 Å². The van der Waals surface area contributed by atoms with Crippen molar-refractivity contribution in [3.05, 3.63) is 12.7 Å². The summed E-state index contributed by atoms with van der Waals surface area (Å²) in [4.78, 5) is 11.3. The van der Waals surface area contributed by atoms with Gasteiger partial charge in [0.25, 0.3) is 5.82 Å². The summed E-state index contributed by atoms with van der Waals surface area (Å²) < 4.78 is 4.28. The first-order valence-corrected chi connectivity index (χ1v) is 5.83. The van der Waals surface area contributed by atoms with E-state index >= 15 is 0 Å². The molecular weight excluding hydrogens is 282 g/mol. The van der Waals surface area contributed by atoms with Crippen LogP contribution in [0.15, 0.2) is 12.7 Å². The molecule has 0 N–H and O–H groups in total. The van der Waals surface area contributed by atoms with Crippen molar-refractivity contribution in [1.29, 1.82) is 0 Å². The van der Waals surface area contributed by atoms with Gasteiger partial charge in [-0.3, -0.25) is 4.90 Å². The van der Waals surface area contributed by atoms with Crippen LogP contribution < -0.4 is 26.4 Å². The molecule has 92 valence electrons. The second kappa shape index (κ2) is 4.60. The first kappa shape index (κ1) is 12.3. The van der Waals surface area contributed by atoms with Crippen molar-refractivity contribution < 1.29 is 21.5 Å². The average Bonchev–Trinajstić information content (AvgIpc) is 2.91. The summed E-state index contributed by atoms with van der Waals surface area (Å²) in [7, 11) is 0. The molecule has 0 aromatic carbocycles. The van der Waals surface area contributed by atoms with Gasteiger partial charge < -0.3 is 21.5 Å². The summed E-state index contributed by atoms with van der Waals surface area (Å²) in [6.45, 7) is 8.32. The molecule has 0 bridgehead atoms. The van der Waals surface area contributed by atoms with E-state index in [2.05, 4.69) is 37.8 Å². The highest BCUT2D eigenvalue weighted by Gasteiger charge is 2.29. The Balaban J connectivity index is 0.00000108. The Kier molecular flexibility index (Phi) is 3.33. The number of fused-ring (bicyclic) bond motifs is 3. The molecule has 2 aromatic heterocycles. The highest BCUT2D eigenvalue weighted by molar-refractivity contribution is 5.81. The predicted molar refractivity (Wildman–Crippen MR) is 61.3 cm³/mol. The molecule has 0 aliphatic carbocycles. The van der Waals surface area contributed by atoms with E-state index in [0.29, 0.717) is 0 Å². The van der Waals surface area contributed by atoms with Crippen LogP contribution in [0.1, 0.15) is 13.8 Å².